The number of carbonyl (C=O) groups excluding carboxylic acids is 1. The molecule has 1 amide bonds. The lowest BCUT2D eigenvalue weighted by atomic mass is 10.0. The predicted octanol–water partition coefficient (Wildman–Crippen LogP) is 2.94. The fourth-order valence-electron chi connectivity index (χ4n) is 3.08. The molecule has 2 N–H and O–H groups in total. The van der Waals surface area contributed by atoms with Crippen LogP contribution in [0.4, 0.5) is 5.69 Å². The molecule has 0 saturated carbocycles. The molecule has 2 aromatic rings. The van der Waals surface area contributed by atoms with Crippen molar-refractivity contribution < 1.29 is 14.3 Å². The first-order valence-electron chi connectivity index (χ1n) is 8.54. The largest absolute Gasteiger partial charge is 0.489 e. The number of nitrogens with zero attached hydrogens (tertiary/aromatic N) is 1. The number of hydrogen-bond acceptors (Lipinski definition) is 4. The summed E-state index contributed by atoms with van der Waals surface area (Å²) < 4.78 is 10.9. The zero-order chi connectivity index (χ0) is 17.6. The quantitative estimate of drug-likeness (QED) is 0.841. The van der Waals surface area contributed by atoms with Gasteiger partial charge in [0.2, 0.25) is 5.91 Å². The van der Waals surface area contributed by atoms with Crippen molar-refractivity contribution in [1.29, 1.82) is 0 Å². The highest BCUT2D eigenvalue weighted by atomic mass is 35.5. The van der Waals surface area contributed by atoms with Gasteiger partial charge < -0.3 is 20.1 Å². The molecule has 0 bridgehead atoms. The van der Waals surface area contributed by atoms with Gasteiger partial charge >= 0.3 is 0 Å². The van der Waals surface area contributed by atoms with E-state index in [1.807, 2.05) is 48.5 Å². The normalized spacial score (nSPS) is 14.2. The van der Waals surface area contributed by atoms with Gasteiger partial charge in [-0.25, -0.2) is 0 Å². The van der Waals surface area contributed by atoms with Gasteiger partial charge in [0.05, 0.1) is 6.61 Å². The molecular weight excluding hydrogens is 352 g/mol. The molecule has 2 aromatic carbocycles. The van der Waals surface area contributed by atoms with Gasteiger partial charge in [0.15, 0.2) is 0 Å². The molecule has 140 valence electrons. The summed E-state index contributed by atoms with van der Waals surface area (Å²) in [6, 6.07) is 15.3. The molecule has 1 heterocycles. The van der Waals surface area contributed by atoms with Crippen molar-refractivity contribution in [2.75, 3.05) is 25.2 Å². The van der Waals surface area contributed by atoms with Crippen LogP contribution in [0.15, 0.2) is 48.5 Å². The van der Waals surface area contributed by atoms with E-state index in [1.165, 1.54) is 0 Å². The van der Waals surface area contributed by atoms with Gasteiger partial charge in [-0.15, -0.1) is 12.4 Å². The third-order valence-electron chi connectivity index (χ3n) is 4.35. The van der Waals surface area contributed by atoms with Crippen LogP contribution < -0.4 is 15.4 Å². The molecule has 1 aliphatic rings. The maximum absolute atomic E-state index is 12.5. The maximum atomic E-state index is 12.5. The van der Waals surface area contributed by atoms with E-state index in [1.54, 1.807) is 12.0 Å². The van der Waals surface area contributed by atoms with Crippen LogP contribution in [-0.4, -0.2) is 32.2 Å². The molecular formula is C20H25ClN2O3. The highest BCUT2D eigenvalue weighted by Crippen LogP contribution is 2.31. The molecule has 0 aromatic heterocycles. The van der Waals surface area contributed by atoms with Crippen molar-refractivity contribution in [2.45, 2.75) is 25.5 Å². The van der Waals surface area contributed by atoms with Gasteiger partial charge in [-0.2, -0.15) is 0 Å². The first-order chi connectivity index (χ1) is 12.2. The Morgan fingerprint density at radius 1 is 1.23 bits per heavy atom. The summed E-state index contributed by atoms with van der Waals surface area (Å²) in [6.07, 6.45) is 1.85. The Hall–Kier alpha value is -2.08. The summed E-state index contributed by atoms with van der Waals surface area (Å²) in [5, 5.41) is 0. The van der Waals surface area contributed by atoms with Crippen molar-refractivity contribution in [1.82, 2.24) is 0 Å². The summed E-state index contributed by atoms with van der Waals surface area (Å²) in [4.78, 5) is 14.3. The summed E-state index contributed by atoms with van der Waals surface area (Å²) in [5.74, 6) is 0.721. The van der Waals surface area contributed by atoms with E-state index in [4.69, 9.17) is 15.2 Å². The number of hydrogen-bond donors (Lipinski definition) is 1. The molecule has 26 heavy (non-hydrogen) atoms. The van der Waals surface area contributed by atoms with E-state index < -0.39 is 6.04 Å². The van der Waals surface area contributed by atoms with Gasteiger partial charge in [-0.1, -0.05) is 30.3 Å². The van der Waals surface area contributed by atoms with E-state index in [0.717, 1.165) is 35.4 Å². The topological polar surface area (TPSA) is 64.8 Å². The SMILES string of the molecule is COCC(N)C(=O)N1CCCc2cc(OCc3ccccc3)ccc21.Cl. The minimum Gasteiger partial charge on any atom is -0.489 e. The number of benzene rings is 2. The Morgan fingerprint density at radius 3 is 2.73 bits per heavy atom. The molecule has 1 unspecified atom stereocenters. The van der Waals surface area contributed by atoms with Crippen LogP contribution in [0.25, 0.3) is 0 Å². The number of nitrogens with two attached hydrogens (primary N) is 1. The van der Waals surface area contributed by atoms with Crippen LogP contribution in [0.1, 0.15) is 17.5 Å². The first kappa shape index (κ1) is 20.2. The lowest BCUT2D eigenvalue weighted by Gasteiger charge is -2.31. The molecule has 0 saturated heterocycles. The minimum absolute atomic E-state index is 0. The summed E-state index contributed by atoms with van der Waals surface area (Å²) >= 11 is 0. The van der Waals surface area contributed by atoms with E-state index in [0.29, 0.717) is 13.2 Å². The number of fused-ring (bicyclic) bond motifs is 1. The van der Waals surface area contributed by atoms with Crippen LogP contribution in [-0.2, 0) is 22.6 Å². The van der Waals surface area contributed by atoms with E-state index in [9.17, 15) is 4.79 Å². The lowest BCUT2D eigenvalue weighted by molar-refractivity contribution is -0.121. The van der Waals surface area contributed by atoms with Crippen molar-refractivity contribution in [3.63, 3.8) is 0 Å². The van der Waals surface area contributed by atoms with Crippen molar-refractivity contribution >= 4 is 24.0 Å². The van der Waals surface area contributed by atoms with Gasteiger partial charge in [-0.3, -0.25) is 4.79 Å². The molecule has 3 rings (SSSR count). The molecule has 0 fully saturated rings. The molecule has 1 aliphatic heterocycles. The zero-order valence-electron chi connectivity index (χ0n) is 14.9. The Morgan fingerprint density at radius 2 is 2.00 bits per heavy atom. The average molecular weight is 377 g/mol. The number of rotatable bonds is 6. The highest BCUT2D eigenvalue weighted by molar-refractivity contribution is 5.98. The predicted molar refractivity (Wildman–Crippen MR) is 105 cm³/mol. The van der Waals surface area contributed by atoms with Gasteiger partial charge in [0.1, 0.15) is 18.4 Å². The van der Waals surface area contributed by atoms with E-state index in [-0.39, 0.29) is 24.9 Å². The number of anilines is 1. The Kier molecular flexibility index (Phi) is 7.45. The van der Waals surface area contributed by atoms with E-state index in [2.05, 4.69) is 0 Å². The Balaban J connectivity index is 0.00000243. The van der Waals surface area contributed by atoms with Gasteiger partial charge in [0.25, 0.3) is 0 Å². The average Bonchev–Trinajstić information content (AvgIpc) is 2.66. The lowest BCUT2D eigenvalue weighted by Crippen LogP contribution is -2.48. The van der Waals surface area contributed by atoms with Crippen LogP contribution in [0.5, 0.6) is 5.75 Å². The summed E-state index contributed by atoms with van der Waals surface area (Å²) in [6.45, 7) is 1.44. The number of amides is 1. The smallest absolute Gasteiger partial charge is 0.246 e. The maximum Gasteiger partial charge on any atom is 0.246 e. The standard InChI is InChI=1S/C20H24N2O3.ClH/c1-24-14-18(21)20(23)22-11-5-8-16-12-17(9-10-19(16)22)25-13-15-6-3-2-4-7-15;/h2-4,6-7,9-10,12,18H,5,8,11,13-14,21H2,1H3;1H. The number of methoxy groups -OCH3 is 1. The minimum atomic E-state index is -0.634. The molecule has 0 aliphatic carbocycles. The third kappa shape index (κ3) is 4.75. The number of halogens is 1. The Bertz CT molecular complexity index is 724. The number of aryl methyl sites for hydroxylation is 1. The monoisotopic (exact) mass is 376 g/mol. The third-order valence-corrected chi connectivity index (χ3v) is 4.35. The summed E-state index contributed by atoms with van der Waals surface area (Å²) in [5.41, 5.74) is 9.09. The van der Waals surface area contributed by atoms with Crippen molar-refractivity contribution in [2.24, 2.45) is 5.73 Å². The second kappa shape index (κ2) is 9.57. The fourth-order valence-corrected chi connectivity index (χ4v) is 3.08. The van der Waals surface area contributed by atoms with Gasteiger partial charge in [0, 0.05) is 19.3 Å². The van der Waals surface area contributed by atoms with Crippen LogP contribution >= 0.6 is 12.4 Å². The second-order valence-electron chi connectivity index (χ2n) is 6.22. The summed E-state index contributed by atoms with van der Waals surface area (Å²) in [7, 11) is 1.55. The molecule has 6 heteroatoms. The van der Waals surface area contributed by atoms with Crippen LogP contribution in [0.2, 0.25) is 0 Å². The molecule has 0 spiro atoms. The highest BCUT2D eigenvalue weighted by Gasteiger charge is 2.26. The van der Waals surface area contributed by atoms with Gasteiger partial charge in [-0.05, 0) is 42.2 Å². The first-order valence-corrected chi connectivity index (χ1v) is 8.54. The zero-order valence-corrected chi connectivity index (χ0v) is 15.7. The molecule has 5 nitrogen and oxygen atoms in total. The molecule has 0 radical (unpaired) electrons. The number of ether oxygens (including phenoxy) is 2. The number of carbonyl (C=O) groups is 1. The molecule has 1 atom stereocenters. The van der Waals surface area contributed by atoms with Crippen molar-refractivity contribution in [3.8, 4) is 5.75 Å². The van der Waals surface area contributed by atoms with E-state index >= 15 is 0 Å². The van der Waals surface area contributed by atoms with Crippen LogP contribution in [0.3, 0.4) is 0 Å². The second-order valence-corrected chi connectivity index (χ2v) is 6.22. The fraction of sp³-hybridized carbons (Fsp3) is 0.350. The van der Waals surface area contributed by atoms with Crippen LogP contribution in [0, 0.1) is 0 Å². The Labute approximate surface area is 160 Å². The van der Waals surface area contributed by atoms with Crippen molar-refractivity contribution in [3.05, 3.63) is 59.7 Å².